The molecule has 0 radical (unpaired) electrons. The number of hydrogen-bond acceptors (Lipinski definition) is 2. The van der Waals surface area contributed by atoms with Gasteiger partial charge in [0.05, 0.1) is 0 Å². The molecule has 6 heteroatoms. The van der Waals surface area contributed by atoms with Crippen molar-refractivity contribution in [1.29, 1.82) is 0 Å². The molecule has 22 heavy (non-hydrogen) atoms. The molecule has 1 N–H and O–H groups in total. The maximum absolute atomic E-state index is 12.6. The van der Waals surface area contributed by atoms with Crippen molar-refractivity contribution in [2.24, 2.45) is 0 Å². The fourth-order valence-electron chi connectivity index (χ4n) is 3.23. The Hall–Kier alpha value is -1.69. The molecule has 0 atom stereocenters. The van der Waals surface area contributed by atoms with Gasteiger partial charge in [0.15, 0.2) is 0 Å². The Morgan fingerprint density at radius 3 is 2.73 bits per heavy atom. The summed E-state index contributed by atoms with van der Waals surface area (Å²) in [5.74, 6) is -0.105. The van der Waals surface area contributed by atoms with Crippen molar-refractivity contribution in [3.8, 4) is 5.75 Å². The zero-order chi connectivity index (χ0) is 15.7. The van der Waals surface area contributed by atoms with Crippen molar-refractivity contribution >= 4 is 10.9 Å². The molecule has 2 heterocycles. The van der Waals surface area contributed by atoms with Crippen LogP contribution in [0.4, 0.5) is 13.2 Å². The first-order chi connectivity index (χ1) is 10.5. The minimum absolute atomic E-state index is 0.105. The number of rotatable bonds is 3. The van der Waals surface area contributed by atoms with E-state index in [1.165, 1.54) is 6.07 Å². The number of alkyl halides is 3. The molecule has 0 fully saturated rings. The number of aromatic nitrogens is 1. The molecule has 2 aromatic rings. The van der Waals surface area contributed by atoms with Crippen LogP contribution in [0.15, 0.2) is 18.2 Å². The lowest BCUT2D eigenvalue weighted by molar-refractivity contribution is -0.274. The molecular weight excluding hydrogens is 293 g/mol. The van der Waals surface area contributed by atoms with E-state index in [1.807, 2.05) is 0 Å². The van der Waals surface area contributed by atoms with Gasteiger partial charge in [-0.3, -0.25) is 0 Å². The molecule has 1 aromatic heterocycles. The highest BCUT2D eigenvalue weighted by Crippen LogP contribution is 2.35. The van der Waals surface area contributed by atoms with Crippen LogP contribution in [0.1, 0.15) is 24.6 Å². The smallest absolute Gasteiger partial charge is 0.405 e. The van der Waals surface area contributed by atoms with Crippen LogP contribution in [0.2, 0.25) is 0 Å². The third-order valence-corrected chi connectivity index (χ3v) is 4.10. The maximum atomic E-state index is 12.6. The molecule has 0 amide bonds. The van der Waals surface area contributed by atoms with Crippen LogP contribution in [0.3, 0.4) is 0 Å². The lowest BCUT2D eigenvalue weighted by atomic mass is 10.1. The summed E-state index contributed by atoms with van der Waals surface area (Å²) in [7, 11) is 0. The second-order valence-corrected chi connectivity index (χ2v) is 5.65. The van der Waals surface area contributed by atoms with Crippen LogP contribution in [0, 0.1) is 0 Å². The van der Waals surface area contributed by atoms with Crippen LogP contribution in [0.5, 0.6) is 5.75 Å². The van der Waals surface area contributed by atoms with Gasteiger partial charge in [0.25, 0.3) is 0 Å². The molecule has 0 spiro atoms. The fourth-order valence-corrected chi connectivity index (χ4v) is 3.23. The molecule has 120 valence electrons. The monoisotopic (exact) mass is 312 g/mol. The Labute approximate surface area is 127 Å². The minimum atomic E-state index is -4.67. The van der Waals surface area contributed by atoms with Gasteiger partial charge in [-0.15, -0.1) is 13.2 Å². The maximum Gasteiger partial charge on any atom is 0.573 e. The zero-order valence-corrected chi connectivity index (χ0v) is 12.5. The molecule has 1 aromatic carbocycles. The summed E-state index contributed by atoms with van der Waals surface area (Å²) in [6, 6.07) is 4.78. The molecule has 0 saturated heterocycles. The van der Waals surface area contributed by atoms with Crippen LogP contribution < -0.4 is 4.74 Å². The summed E-state index contributed by atoms with van der Waals surface area (Å²) in [5.41, 5.74) is 2.72. The van der Waals surface area contributed by atoms with Crippen LogP contribution in [0.25, 0.3) is 10.9 Å². The molecule has 0 saturated carbocycles. The standard InChI is InChI=1S/C16H19F3N2O/c1-2-8-21-9-6-11-12(7-10-21)20-13-4-3-5-14(15(11)13)22-16(17,18)19/h3-5,20H,2,6-10H2,1H3. The number of hydrogen-bond donors (Lipinski definition) is 1. The number of aromatic amines is 1. The summed E-state index contributed by atoms with van der Waals surface area (Å²) in [5, 5.41) is 0.577. The highest BCUT2D eigenvalue weighted by atomic mass is 19.4. The number of nitrogens with zero attached hydrogens (tertiary/aromatic N) is 1. The topological polar surface area (TPSA) is 28.3 Å². The van der Waals surface area contributed by atoms with Gasteiger partial charge in [0.1, 0.15) is 5.75 Å². The summed E-state index contributed by atoms with van der Waals surface area (Å²) >= 11 is 0. The Morgan fingerprint density at radius 1 is 1.23 bits per heavy atom. The molecular formula is C16H19F3N2O. The van der Waals surface area contributed by atoms with E-state index in [4.69, 9.17) is 0 Å². The number of nitrogens with one attached hydrogen (secondary N) is 1. The first-order valence-electron chi connectivity index (χ1n) is 7.58. The van der Waals surface area contributed by atoms with E-state index in [1.54, 1.807) is 12.1 Å². The Bertz CT molecular complexity index is 663. The van der Waals surface area contributed by atoms with E-state index < -0.39 is 6.36 Å². The van der Waals surface area contributed by atoms with Crippen molar-refractivity contribution in [3.63, 3.8) is 0 Å². The van der Waals surface area contributed by atoms with Gasteiger partial charge >= 0.3 is 6.36 Å². The second-order valence-electron chi connectivity index (χ2n) is 5.65. The largest absolute Gasteiger partial charge is 0.573 e. The molecule has 0 unspecified atom stereocenters. The Morgan fingerprint density at radius 2 is 2.00 bits per heavy atom. The number of ether oxygens (including phenoxy) is 1. The quantitative estimate of drug-likeness (QED) is 0.931. The summed E-state index contributed by atoms with van der Waals surface area (Å²) in [6.07, 6.45) is -2.02. The van der Waals surface area contributed by atoms with Crippen molar-refractivity contribution in [1.82, 2.24) is 9.88 Å². The van der Waals surface area contributed by atoms with E-state index in [-0.39, 0.29) is 5.75 Å². The van der Waals surface area contributed by atoms with Gasteiger partial charge in [-0.1, -0.05) is 13.0 Å². The van der Waals surface area contributed by atoms with Crippen LogP contribution in [-0.4, -0.2) is 35.9 Å². The Kier molecular flexibility index (Phi) is 4.04. The highest BCUT2D eigenvalue weighted by molar-refractivity contribution is 5.90. The average molecular weight is 312 g/mol. The van der Waals surface area contributed by atoms with Crippen LogP contribution in [-0.2, 0) is 12.8 Å². The second kappa shape index (κ2) is 5.83. The van der Waals surface area contributed by atoms with Crippen molar-refractivity contribution < 1.29 is 17.9 Å². The van der Waals surface area contributed by atoms with Gasteiger partial charge in [0, 0.05) is 36.1 Å². The summed E-state index contributed by atoms with van der Waals surface area (Å²) < 4.78 is 42.0. The lowest BCUT2D eigenvalue weighted by Gasteiger charge is -2.18. The zero-order valence-electron chi connectivity index (χ0n) is 12.5. The summed E-state index contributed by atoms with van der Waals surface area (Å²) in [4.78, 5) is 5.62. The van der Waals surface area contributed by atoms with Crippen molar-refractivity contribution in [2.45, 2.75) is 32.5 Å². The van der Waals surface area contributed by atoms with E-state index in [0.29, 0.717) is 5.39 Å². The molecule has 3 rings (SSSR count). The number of H-pyrrole nitrogens is 1. The number of fused-ring (bicyclic) bond motifs is 3. The SMILES string of the molecule is CCCN1CCc2[nH]c3cccc(OC(F)(F)F)c3c2CC1. The molecule has 0 aliphatic carbocycles. The molecule has 3 nitrogen and oxygen atoms in total. The highest BCUT2D eigenvalue weighted by Gasteiger charge is 2.32. The summed E-state index contributed by atoms with van der Waals surface area (Å²) in [6.45, 7) is 4.96. The van der Waals surface area contributed by atoms with Gasteiger partial charge < -0.3 is 14.6 Å². The van der Waals surface area contributed by atoms with Gasteiger partial charge in [0.2, 0.25) is 0 Å². The van der Waals surface area contributed by atoms with E-state index >= 15 is 0 Å². The van der Waals surface area contributed by atoms with E-state index in [2.05, 4.69) is 21.5 Å². The predicted octanol–water partition coefficient (Wildman–Crippen LogP) is 3.88. The predicted molar refractivity (Wildman–Crippen MR) is 79.1 cm³/mol. The first-order valence-corrected chi connectivity index (χ1v) is 7.58. The fraction of sp³-hybridized carbons (Fsp3) is 0.500. The third-order valence-electron chi connectivity index (χ3n) is 4.10. The minimum Gasteiger partial charge on any atom is -0.405 e. The third kappa shape index (κ3) is 3.06. The van der Waals surface area contributed by atoms with Crippen molar-refractivity contribution in [3.05, 3.63) is 29.5 Å². The normalized spacial score (nSPS) is 16.5. The van der Waals surface area contributed by atoms with E-state index in [0.717, 1.165) is 55.7 Å². The van der Waals surface area contributed by atoms with Gasteiger partial charge in [-0.2, -0.15) is 0 Å². The average Bonchev–Trinajstić information content (AvgIpc) is 2.68. The van der Waals surface area contributed by atoms with Crippen LogP contribution >= 0.6 is 0 Å². The lowest BCUT2D eigenvalue weighted by Crippen LogP contribution is -2.27. The molecule has 1 aliphatic rings. The number of halogens is 3. The molecule has 0 bridgehead atoms. The van der Waals surface area contributed by atoms with Crippen molar-refractivity contribution in [2.75, 3.05) is 19.6 Å². The van der Waals surface area contributed by atoms with E-state index in [9.17, 15) is 13.2 Å². The Balaban J connectivity index is 1.99. The van der Waals surface area contributed by atoms with Gasteiger partial charge in [-0.25, -0.2) is 0 Å². The first kappa shape index (κ1) is 15.2. The molecule has 1 aliphatic heterocycles. The van der Waals surface area contributed by atoms with Gasteiger partial charge in [-0.05, 0) is 37.1 Å². The number of benzene rings is 1.